The summed E-state index contributed by atoms with van der Waals surface area (Å²) in [4.78, 5) is 0. The number of ether oxygens (including phenoxy) is 2. The molecule has 76 valence electrons. The van der Waals surface area contributed by atoms with Gasteiger partial charge in [-0.05, 0) is 22.0 Å². The van der Waals surface area contributed by atoms with Crippen LogP contribution >= 0.6 is 15.9 Å². The molecule has 0 aliphatic carbocycles. The van der Waals surface area contributed by atoms with E-state index in [1.165, 1.54) is 11.1 Å². The van der Waals surface area contributed by atoms with Crippen molar-refractivity contribution in [3.8, 4) is 11.5 Å². The lowest BCUT2D eigenvalue weighted by atomic mass is 10.1. The Morgan fingerprint density at radius 3 is 2.57 bits per heavy atom. The second-order valence-electron chi connectivity index (χ2n) is 3.15. The standard InChI is InChI=1S/C10H12BrNO2/c1-13-9-3-8(11)10(14-2)7-5-12-4-6(7)9/h3,12H,4-5H2,1-2H3. The first-order chi connectivity index (χ1) is 6.77. The summed E-state index contributed by atoms with van der Waals surface area (Å²) in [6, 6.07) is 1.95. The van der Waals surface area contributed by atoms with Gasteiger partial charge in [-0.1, -0.05) is 0 Å². The quantitative estimate of drug-likeness (QED) is 0.880. The highest BCUT2D eigenvalue weighted by molar-refractivity contribution is 9.10. The van der Waals surface area contributed by atoms with Crippen LogP contribution in [0, 0.1) is 0 Å². The molecule has 1 aliphatic rings. The van der Waals surface area contributed by atoms with Crippen LogP contribution in [-0.4, -0.2) is 14.2 Å². The minimum atomic E-state index is 0.842. The highest BCUT2D eigenvalue weighted by atomic mass is 79.9. The van der Waals surface area contributed by atoms with Gasteiger partial charge in [0.2, 0.25) is 0 Å². The minimum absolute atomic E-state index is 0.842. The zero-order chi connectivity index (χ0) is 10.1. The fourth-order valence-corrected chi connectivity index (χ4v) is 2.40. The summed E-state index contributed by atoms with van der Waals surface area (Å²) in [5.74, 6) is 1.82. The molecule has 0 unspecified atom stereocenters. The first-order valence-electron chi connectivity index (χ1n) is 4.41. The monoisotopic (exact) mass is 257 g/mol. The molecule has 1 heterocycles. The van der Waals surface area contributed by atoms with Crippen LogP contribution in [0.4, 0.5) is 0 Å². The fraction of sp³-hybridized carbons (Fsp3) is 0.400. The summed E-state index contributed by atoms with van der Waals surface area (Å²) < 4.78 is 11.6. The van der Waals surface area contributed by atoms with Crippen molar-refractivity contribution < 1.29 is 9.47 Å². The van der Waals surface area contributed by atoms with Gasteiger partial charge in [-0.3, -0.25) is 0 Å². The van der Waals surface area contributed by atoms with Crippen molar-refractivity contribution in [1.82, 2.24) is 5.32 Å². The Morgan fingerprint density at radius 1 is 1.21 bits per heavy atom. The SMILES string of the molecule is COc1cc(Br)c(OC)c2c1CNC2. The molecule has 0 radical (unpaired) electrons. The second-order valence-corrected chi connectivity index (χ2v) is 4.01. The lowest BCUT2D eigenvalue weighted by Crippen LogP contribution is -2.00. The third-order valence-corrected chi connectivity index (χ3v) is 3.03. The molecule has 0 atom stereocenters. The number of rotatable bonds is 2. The topological polar surface area (TPSA) is 30.5 Å². The van der Waals surface area contributed by atoms with Crippen LogP contribution in [0.3, 0.4) is 0 Å². The Morgan fingerprint density at radius 2 is 1.93 bits per heavy atom. The van der Waals surface area contributed by atoms with E-state index in [-0.39, 0.29) is 0 Å². The van der Waals surface area contributed by atoms with Crippen molar-refractivity contribution in [1.29, 1.82) is 0 Å². The van der Waals surface area contributed by atoms with Crippen LogP contribution in [0.5, 0.6) is 11.5 Å². The molecule has 0 spiro atoms. The molecule has 1 aliphatic heterocycles. The number of fused-ring (bicyclic) bond motifs is 1. The molecule has 14 heavy (non-hydrogen) atoms. The van der Waals surface area contributed by atoms with E-state index >= 15 is 0 Å². The van der Waals surface area contributed by atoms with Gasteiger partial charge in [0.15, 0.2) is 0 Å². The van der Waals surface area contributed by atoms with E-state index in [4.69, 9.17) is 9.47 Å². The molecule has 4 heteroatoms. The number of nitrogens with one attached hydrogen (secondary N) is 1. The molecule has 1 aromatic rings. The molecule has 1 aromatic carbocycles. The summed E-state index contributed by atoms with van der Waals surface area (Å²) in [6.45, 7) is 1.69. The van der Waals surface area contributed by atoms with E-state index in [1.807, 2.05) is 6.07 Å². The number of benzene rings is 1. The largest absolute Gasteiger partial charge is 0.496 e. The van der Waals surface area contributed by atoms with Gasteiger partial charge in [0.05, 0.1) is 18.7 Å². The predicted molar refractivity (Wildman–Crippen MR) is 57.8 cm³/mol. The van der Waals surface area contributed by atoms with Crippen LogP contribution in [0.15, 0.2) is 10.5 Å². The smallest absolute Gasteiger partial charge is 0.138 e. The Kier molecular flexibility index (Phi) is 2.65. The number of halogens is 1. The lowest BCUT2D eigenvalue weighted by Gasteiger charge is -2.12. The fourth-order valence-electron chi connectivity index (χ4n) is 1.79. The molecule has 0 fully saturated rings. The molecule has 0 saturated heterocycles. The van der Waals surface area contributed by atoms with E-state index < -0.39 is 0 Å². The Hall–Kier alpha value is -0.740. The summed E-state index contributed by atoms with van der Waals surface area (Å²) in [5.41, 5.74) is 2.39. The molecule has 0 bridgehead atoms. The molecule has 0 aromatic heterocycles. The summed E-state index contributed by atoms with van der Waals surface area (Å²) >= 11 is 3.47. The second kappa shape index (κ2) is 3.79. The molecule has 0 saturated carbocycles. The number of hydrogen-bond acceptors (Lipinski definition) is 3. The highest BCUT2D eigenvalue weighted by Gasteiger charge is 2.21. The van der Waals surface area contributed by atoms with Gasteiger partial charge in [0, 0.05) is 24.2 Å². The van der Waals surface area contributed by atoms with Crippen LogP contribution < -0.4 is 14.8 Å². The van der Waals surface area contributed by atoms with Gasteiger partial charge in [-0.25, -0.2) is 0 Å². The Bertz CT molecular complexity index is 366. The molecular weight excluding hydrogens is 246 g/mol. The molecule has 3 nitrogen and oxygen atoms in total. The lowest BCUT2D eigenvalue weighted by molar-refractivity contribution is 0.395. The maximum Gasteiger partial charge on any atom is 0.138 e. The van der Waals surface area contributed by atoms with Gasteiger partial charge in [-0.2, -0.15) is 0 Å². The number of hydrogen-bond donors (Lipinski definition) is 1. The zero-order valence-electron chi connectivity index (χ0n) is 8.19. The third kappa shape index (κ3) is 1.38. The normalized spacial score (nSPS) is 13.9. The van der Waals surface area contributed by atoms with E-state index in [0.717, 1.165) is 29.1 Å². The van der Waals surface area contributed by atoms with Crippen LogP contribution in [0.2, 0.25) is 0 Å². The summed E-state index contributed by atoms with van der Waals surface area (Å²) in [6.07, 6.45) is 0. The van der Waals surface area contributed by atoms with E-state index in [2.05, 4.69) is 21.2 Å². The van der Waals surface area contributed by atoms with E-state index in [1.54, 1.807) is 14.2 Å². The maximum atomic E-state index is 5.34. The average molecular weight is 258 g/mol. The van der Waals surface area contributed by atoms with Crippen molar-refractivity contribution in [2.45, 2.75) is 13.1 Å². The third-order valence-electron chi connectivity index (χ3n) is 2.44. The van der Waals surface area contributed by atoms with Crippen molar-refractivity contribution in [3.63, 3.8) is 0 Å². The summed E-state index contributed by atoms with van der Waals surface area (Å²) in [5, 5.41) is 3.28. The minimum Gasteiger partial charge on any atom is -0.496 e. The van der Waals surface area contributed by atoms with Gasteiger partial charge >= 0.3 is 0 Å². The Labute approximate surface area is 91.5 Å². The van der Waals surface area contributed by atoms with Gasteiger partial charge in [0.25, 0.3) is 0 Å². The van der Waals surface area contributed by atoms with E-state index in [0.29, 0.717) is 0 Å². The van der Waals surface area contributed by atoms with Gasteiger partial charge in [-0.15, -0.1) is 0 Å². The molecule has 2 rings (SSSR count). The van der Waals surface area contributed by atoms with Gasteiger partial charge in [0.1, 0.15) is 11.5 Å². The van der Waals surface area contributed by atoms with Crippen molar-refractivity contribution in [2.24, 2.45) is 0 Å². The summed E-state index contributed by atoms with van der Waals surface area (Å²) in [7, 11) is 3.37. The number of methoxy groups -OCH3 is 2. The Balaban J connectivity index is 2.61. The van der Waals surface area contributed by atoms with Crippen molar-refractivity contribution >= 4 is 15.9 Å². The zero-order valence-corrected chi connectivity index (χ0v) is 9.77. The van der Waals surface area contributed by atoms with E-state index in [9.17, 15) is 0 Å². The van der Waals surface area contributed by atoms with Crippen LogP contribution in [0.25, 0.3) is 0 Å². The van der Waals surface area contributed by atoms with Crippen LogP contribution in [0.1, 0.15) is 11.1 Å². The highest BCUT2D eigenvalue weighted by Crippen LogP contribution is 2.39. The first-order valence-corrected chi connectivity index (χ1v) is 5.20. The van der Waals surface area contributed by atoms with Crippen LogP contribution in [-0.2, 0) is 13.1 Å². The first kappa shape index (κ1) is 9.80. The van der Waals surface area contributed by atoms with Gasteiger partial charge < -0.3 is 14.8 Å². The molecular formula is C10H12BrNO2. The molecule has 1 N–H and O–H groups in total. The molecule has 0 amide bonds. The maximum absolute atomic E-state index is 5.34. The average Bonchev–Trinajstić information content (AvgIpc) is 2.65. The van der Waals surface area contributed by atoms with Crippen molar-refractivity contribution in [3.05, 3.63) is 21.7 Å². The van der Waals surface area contributed by atoms with Crippen molar-refractivity contribution in [2.75, 3.05) is 14.2 Å². The predicted octanol–water partition coefficient (Wildman–Crippen LogP) is 2.07.